The van der Waals surface area contributed by atoms with E-state index in [9.17, 15) is 9.18 Å². The van der Waals surface area contributed by atoms with E-state index in [4.69, 9.17) is 4.74 Å². The van der Waals surface area contributed by atoms with Gasteiger partial charge in [0, 0.05) is 31.0 Å². The number of carbonyl (C=O) groups is 1. The molecule has 26 heavy (non-hydrogen) atoms. The Bertz CT molecular complexity index is 831. The molecule has 0 fully saturated rings. The van der Waals surface area contributed by atoms with Gasteiger partial charge < -0.3 is 9.64 Å². The van der Waals surface area contributed by atoms with Crippen molar-refractivity contribution in [3.63, 3.8) is 0 Å². The lowest BCUT2D eigenvalue weighted by molar-refractivity contribution is 0.0270. The van der Waals surface area contributed by atoms with E-state index < -0.39 is 11.4 Å². The van der Waals surface area contributed by atoms with E-state index in [-0.39, 0.29) is 6.09 Å². The molecule has 1 aliphatic heterocycles. The molecule has 0 N–H and O–H groups in total. The third-order valence-corrected chi connectivity index (χ3v) is 3.87. The summed E-state index contributed by atoms with van der Waals surface area (Å²) < 4.78 is 19.2. The molecule has 1 aliphatic rings. The number of amides is 1. The molecular weight excluding hydrogens is 335 g/mol. The molecule has 2 aromatic heterocycles. The molecule has 3 rings (SSSR count). The SMILES string of the molecule is CC(C)(C)OC(=O)N1CC=C(c2cc(F)cnc2-c2cnccn2)CC1. The van der Waals surface area contributed by atoms with Gasteiger partial charge in [-0.2, -0.15) is 0 Å². The lowest BCUT2D eigenvalue weighted by atomic mass is 9.97. The van der Waals surface area contributed by atoms with Gasteiger partial charge in [0.25, 0.3) is 0 Å². The first-order valence-corrected chi connectivity index (χ1v) is 8.43. The number of aromatic nitrogens is 3. The van der Waals surface area contributed by atoms with Crippen LogP contribution in [0, 0.1) is 5.82 Å². The molecule has 0 atom stereocenters. The van der Waals surface area contributed by atoms with Crippen molar-refractivity contribution in [2.75, 3.05) is 13.1 Å². The Morgan fingerprint density at radius 1 is 1.23 bits per heavy atom. The van der Waals surface area contributed by atoms with Crippen molar-refractivity contribution in [2.45, 2.75) is 32.8 Å². The molecule has 3 heterocycles. The van der Waals surface area contributed by atoms with E-state index in [1.807, 2.05) is 26.8 Å². The smallest absolute Gasteiger partial charge is 0.410 e. The second kappa shape index (κ2) is 7.19. The van der Waals surface area contributed by atoms with Crippen LogP contribution in [-0.2, 0) is 4.74 Å². The lowest BCUT2D eigenvalue weighted by Gasteiger charge is -2.29. The Balaban J connectivity index is 1.85. The standard InChI is InChI=1S/C19H21FN4O2/c1-19(2,3)26-18(25)24-8-4-13(5-9-24)15-10-14(20)11-23-17(15)16-12-21-6-7-22-16/h4,6-7,10-12H,5,8-9H2,1-3H3. The highest BCUT2D eigenvalue weighted by molar-refractivity contribution is 5.79. The maximum Gasteiger partial charge on any atom is 0.410 e. The molecule has 0 saturated heterocycles. The minimum Gasteiger partial charge on any atom is -0.444 e. The van der Waals surface area contributed by atoms with Crippen LogP contribution in [0.2, 0.25) is 0 Å². The van der Waals surface area contributed by atoms with E-state index in [1.165, 1.54) is 12.3 Å². The van der Waals surface area contributed by atoms with Gasteiger partial charge in [0.2, 0.25) is 0 Å². The molecule has 0 saturated carbocycles. The number of carbonyl (C=O) groups excluding carboxylic acids is 1. The first-order chi connectivity index (χ1) is 12.3. The van der Waals surface area contributed by atoms with Crippen LogP contribution in [0.4, 0.5) is 9.18 Å². The summed E-state index contributed by atoms with van der Waals surface area (Å²) >= 11 is 0. The van der Waals surface area contributed by atoms with E-state index in [2.05, 4.69) is 15.0 Å². The van der Waals surface area contributed by atoms with Crippen LogP contribution < -0.4 is 0 Å². The summed E-state index contributed by atoms with van der Waals surface area (Å²) in [6.07, 6.45) is 8.06. The van der Waals surface area contributed by atoms with Crippen LogP contribution in [-0.4, -0.2) is 44.6 Å². The molecule has 136 valence electrons. The first kappa shape index (κ1) is 18.0. The summed E-state index contributed by atoms with van der Waals surface area (Å²) in [5, 5.41) is 0. The van der Waals surface area contributed by atoms with Crippen molar-refractivity contribution in [1.82, 2.24) is 19.9 Å². The summed E-state index contributed by atoms with van der Waals surface area (Å²) in [6, 6.07) is 1.45. The molecule has 1 amide bonds. The van der Waals surface area contributed by atoms with Gasteiger partial charge in [-0.3, -0.25) is 15.0 Å². The summed E-state index contributed by atoms with van der Waals surface area (Å²) in [7, 11) is 0. The topological polar surface area (TPSA) is 68.2 Å². The summed E-state index contributed by atoms with van der Waals surface area (Å²) in [4.78, 5) is 26.3. The number of rotatable bonds is 2. The molecular formula is C19H21FN4O2. The molecule has 0 unspecified atom stereocenters. The molecule has 0 aliphatic carbocycles. The fraction of sp³-hybridized carbons (Fsp3) is 0.368. The average molecular weight is 356 g/mol. The predicted molar refractivity (Wildman–Crippen MR) is 95.6 cm³/mol. The highest BCUT2D eigenvalue weighted by atomic mass is 19.1. The number of halogens is 1. The molecule has 6 nitrogen and oxygen atoms in total. The van der Waals surface area contributed by atoms with Gasteiger partial charge in [0.1, 0.15) is 17.1 Å². The number of ether oxygens (including phenoxy) is 1. The number of pyridine rings is 1. The van der Waals surface area contributed by atoms with Crippen LogP contribution in [0.15, 0.2) is 36.9 Å². The van der Waals surface area contributed by atoms with Crippen molar-refractivity contribution in [1.29, 1.82) is 0 Å². The Kier molecular flexibility index (Phi) is 4.97. The van der Waals surface area contributed by atoms with Gasteiger partial charge in [0.05, 0.1) is 18.1 Å². The van der Waals surface area contributed by atoms with Gasteiger partial charge >= 0.3 is 6.09 Å². The average Bonchev–Trinajstić information content (AvgIpc) is 2.61. The van der Waals surface area contributed by atoms with Crippen LogP contribution >= 0.6 is 0 Å². The van der Waals surface area contributed by atoms with Crippen molar-refractivity contribution in [2.24, 2.45) is 0 Å². The van der Waals surface area contributed by atoms with Crippen molar-refractivity contribution >= 4 is 11.7 Å². The molecule has 2 aromatic rings. The van der Waals surface area contributed by atoms with Crippen LogP contribution in [0.25, 0.3) is 17.0 Å². The summed E-state index contributed by atoms with van der Waals surface area (Å²) in [5.41, 5.74) is 2.23. The van der Waals surface area contributed by atoms with Gasteiger partial charge in [0.15, 0.2) is 0 Å². The Morgan fingerprint density at radius 3 is 2.65 bits per heavy atom. The predicted octanol–water partition coefficient (Wildman–Crippen LogP) is 3.70. The largest absolute Gasteiger partial charge is 0.444 e. The molecule has 0 spiro atoms. The zero-order valence-electron chi connectivity index (χ0n) is 15.1. The monoisotopic (exact) mass is 356 g/mol. The maximum atomic E-state index is 13.8. The minimum absolute atomic E-state index is 0.348. The maximum absolute atomic E-state index is 13.8. The molecule has 7 heteroatoms. The summed E-state index contributed by atoms with van der Waals surface area (Å²) in [6.45, 7) is 6.41. The van der Waals surface area contributed by atoms with Gasteiger partial charge in [-0.05, 0) is 38.8 Å². The van der Waals surface area contributed by atoms with Crippen LogP contribution in [0.5, 0.6) is 0 Å². The van der Waals surface area contributed by atoms with Crippen LogP contribution in [0.1, 0.15) is 32.8 Å². The Hall–Kier alpha value is -2.83. The third-order valence-electron chi connectivity index (χ3n) is 3.87. The summed E-state index contributed by atoms with van der Waals surface area (Å²) in [5.74, 6) is -0.414. The quantitative estimate of drug-likeness (QED) is 0.821. The molecule has 0 radical (unpaired) electrons. The fourth-order valence-electron chi connectivity index (χ4n) is 2.72. The number of nitrogens with zero attached hydrogens (tertiary/aromatic N) is 4. The Morgan fingerprint density at radius 2 is 2.04 bits per heavy atom. The second-order valence-corrected chi connectivity index (χ2v) is 7.05. The minimum atomic E-state index is -0.535. The van der Waals surface area contributed by atoms with Crippen molar-refractivity contribution < 1.29 is 13.9 Å². The highest BCUT2D eigenvalue weighted by Crippen LogP contribution is 2.30. The van der Waals surface area contributed by atoms with Crippen molar-refractivity contribution in [3.8, 4) is 11.4 Å². The van der Waals surface area contributed by atoms with Crippen molar-refractivity contribution in [3.05, 3.63) is 48.3 Å². The molecule has 0 bridgehead atoms. The normalized spacial score (nSPS) is 14.8. The highest BCUT2D eigenvalue weighted by Gasteiger charge is 2.25. The Labute approximate surface area is 151 Å². The van der Waals surface area contributed by atoms with Gasteiger partial charge in [-0.25, -0.2) is 9.18 Å². The second-order valence-electron chi connectivity index (χ2n) is 7.05. The van der Waals surface area contributed by atoms with E-state index >= 15 is 0 Å². The third kappa shape index (κ3) is 4.22. The van der Waals surface area contributed by atoms with Gasteiger partial charge in [-0.1, -0.05) is 6.08 Å². The van der Waals surface area contributed by atoms with E-state index in [0.29, 0.717) is 36.5 Å². The van der Waals surface area contributed by atoms with E-state index in [0.717, 1.165) is 5.57 Å². The number of hydrogen-bond donors (Lipinski definition) is 0. The zero-order valence-corrected chi connectivity index (χ0v) is 15.1. The fourth-order valence-corrected chi connectivity index (χ4v) is 2.72. The lowest BCUT2D eigenvalue weighted by Crippen LogP contribution is -2.39. The van der Waals surface area contributed by atoms with Gasteiger partial charge in [-0.15, -0.1) is 0 Å². The van der Waals surface area contributed by atoms with E-state index in [1.54, 1.807) is 23.5 Å². The number of hydrogen-bond acceptors (Lipinski definition) is 5. The zero-order chi connectivity index (χ0) is 18.7. The molecule has 0 aromatic carbocycles. The van der Waals surface area contributed by atoms with Crippen LogP contribution in [0.3, 0.4) is 0 Å². The first-order valence-electron chi connectivity index (χ1n) is 8.43.